The Morgan fingerprint density at radius 1 is 1.60 bits per heavy atom. The number of aromatic nitrogens is 3. The third kappa shape index (κ3) is 1.82. The summed E-state index contributed by atoms with van der Waals surface area (Å²) in [6, 6.07) is 0.0483. The number of nitrogens with one attached hydrogen (secondary N) is 2. The van der Waals surface area contributed by atoms with Crippen molar-refractivity contribution in [3.8, 4) is 0 Å². The molecule has 1 aromatic heterocycles. The van der Waals surface area contributed by atoms with Crippen LogP contribution in [0.4, 0.5) is 0 Å². The monoisotopic (exact) mass is 212 g/mol. The van der Waals surface area contributed by atoms with E-state index < -0.39 is 0 Å². The van der Waals surface area contributed by atoms with Crippen molar-refractivity contribution in [2.24, 2.45) is 0 Å². The Labute approximate surface area is 87.3 Å². The predicted octanol–water partition coefficient (Wildman–Crippen LogP) is -0.452. The van der Waals surface area contributed by atoms with Gasteiger partial charge in [0.1, 0.15) is 0 Å². The van der Waals surface area contributed by atoms with Crippen LogP contribution in [0, 0.1) is 0 Å². The van der Waals surface area contributed by atoms with Gasteiger partial charge in [-0.2, -0.15) is 5.10 Å². The summed E-state index contributed by atoms with van der Waals surface area (Å²) >= 11 is 0. The van der Waals surface area contributed by atoms with Gasteiger partial charge in [-0.1, -0.05) is 0 Å². The fourth-order valence-corrected chi connectivity index (χ4v) is 1.98. The lowest BCUT2D eigenvalue weighted by Crippen LogP contribution is -2.25. The highest BCUT2D eigenvalue weighted by Crippen LogP contribution is 2.22. The van der Waals surface area contributed by atoms with Crippen LogP contribution in [-0.2, 0) is 0 Å². The summed E-state index contributed by atoms with van der Waals surface area (Å²) in [5.41, 5.74) is -0.191. The van der Waals surface area contributed by atoms with Gasteiger partial charge in [0.15, 0.2) is 5.82 Å². The van der Waals surface area contributed by atoms with Gasteiger partial charge >= 0.3 is 5.69 Å². The molecular weight excluding hydrogens is 196 g/mol. The van der Waals surface area contributed by atoms with Gasteiger partial charge < -0.3 is 10.4 Å². The molecule has 1 aliphatic rings. The Kier molecular flexibility index (Phi) is 2.62. The highest BCUT2D eigenvalue weighted by atomic mass is 16.3. The standard InChI is InChI=1S/C9H16N4O2/c1-5(2)13-8(11-12-9(13)15)7-3-6(14)4-10-7/h5-7,10,14H,3-4H2,1-2H3,(H,12,15)/t6-,7+/m1/s1. The van der Waals surface area contributed by atoms with E-state index in [9.17, 15) is 9.90 Å². The van der Waals surface area contributed by atoms with Gasteiger partial charge in [-0.3, -0.25) is 4.57 Å². The van der Waals surface area contributed by atoms with Crippen molar-refractivity contribution in [2.75, 3.05) is 6.54 Å². The fraction of sp³-hybridized carbons (Fsp3) is 0.778. The second-order valence-electron chi connectivity index (χ2n) is 4.20. The fourth-order valence-electron chi connectivity index (χ4n) is 1.98. The molecule has 0 aliphatic carbocycles. The molecule has 2 heterocycles. The zero-order valence-electron chi connectivity index (χ0n) is 8.90. The summed E-state index contributed by atoms with van der Waals surface area (Å²) in [5.74, 6) is 0.687. The van der Waals surface area contributed by atoms with Crippen LogP contribution in [0.25, 0.3) is 0 Å². The Morgan fingerprint density at radius 2 is 2.33 bits per heavy atom. The number of aliphatic hydroxyl groups is 1. The summed E-state index contributed by atoms with van der Waals surface area (Å²) in [6.07, 6.45) is 0.263. The molecule has 0 aromatic carbocycles. The first-order valence-corrected chi connectivity index (χ1v) is 5.18. The lowest BCUT2D eigenvalue weighted by atomic mass is 10.2. The summed E-state index contributed by atoms with van der Waals surface area (Å²) in [5, 5.41) is 19.0. The van der Waals surface area contributed by atoms with Crippen LogP contribution >= 0.6 is 0 Å². The molecule has 0 bridgehead atoms. The van der Waals surface area contributed by atoms with E-state index in [-0.39, 0.29) is 23.9 Å². The van der Waals surface area contributed by atoms with Crippen LogP contribution in [0.1, 0.15) is 38.2 Å². The number of aliphatic hydroxyl groups excluding tert-OH is 1. The van der Waals surface area contributed by atoms with Crippen molar-refractivity contribution < 1.29 is 5.11 Å². The van der Waals surface area contributed by atoms with E-state index in [2.05, 4.69) is 15.5 Å². The number of nitrogens with zero attached hydrogens (tertiary/aromatic N) is 2. The molecule has 6 nitrogen and oxygen atoms in total. The normalized spacial score (nSPS) is 26.4. The quantitative estimate of drug-likeness (QED) is 0.620. The number of β-amino-alcohol motifs (C(OH)–C–C–N with tert-alkyl or cyclic N) is 1. The average molecular weight is 212 g/mol. The van der Waals surface area contributed by atoms with Crippen LogP contribution in [0.2, 0.25) is 0 Å². The Bertz CT molecular complexity index is 395. The number of rotatable bonds is 2. The Balaban J connectivity index is 2.32. The average Bonchev–Trinajstić information content (AvgIpc) is 2.71. The third-order valence-electron chi connectivity index (χ3n) is 2.67. The van der Waals surface area contributed by atoms with Gasteiger partial charge in [-0.25, -0.2) is 9.89 Å². The van der Waals surface area contributed by atoms with Crippen molar-refractivity contribution in [3.63, 3.8) is 0 Å². The number of hydrogen-bond donors (Lipinski definition) is 3. The van der Waals surface area contributed by atoms with E-state index in [1.165, 1.54) is 0 Å². The number of aromatic amines is 1. The van der Waals surface area contributed by atoms with E-state index in [1.807, 2.05) is 13.8 Å². The van der Waals surface area contributed by atoms with Gasteiger partial charge in [-0.05, 0) is 20.3 Å². The van der Waals surface area contributed by atoms with E-state index >= 15 is 0 Å². The largest absolute Gasteiger partial charge is 0.392 e. The lowest BCUT2D eigenvalue weighted by Gasteiger charge is -2.13. The summed E-state index contributed by atoms with van der Waals surface area (Å²) < 4.78 is 1.62. The molecule has 1 fully saturated rings. The van der Waals surface area contributed by atoms with E-state index in [4.69, 9.17) is 0 Å². The van der Waals surface area contributed by atoms with Gasteiger partial charge in [0.05, 0.1) is 12.1 Å². The van der Waals surface area contributed by atoms with Gasteiger partial charge in [-0.15, -0.1) is 0 Å². The topological polar surface area (TPSA) is 82.9 Å². The molecule has 1 aromatic rings. The Hall–Kier alpha value is -1.14. The van der Waals surface area contributed by atoms with Crippen LogP contribution in [0.3, 0.4) is 0 Å². The van der Waals surface area contributed by atoms with Crippen LogP contribution in [0.5, 0.6) is 0 Å². The Morgan fingerprint density at radius 3 is 2.87 bits per heavy atom. The second-order valence-corrected chi connectivity index (χ2v) is 4.20. The zero-order valence-corrected chi connectivity index (χ0v) is 8.90. The molecular formula is C9H16N4O2. The third-order valence-corrected chi connectivity index (χ3v) is 2.67. The smallest absolute Gasteiger partial charge is 0.343 e. The first-order chi connectivity index (χ1) is 7.09. The summed E-state index contributed by atoms with van der Waals surface area (Å²) in [4.78, 5) is 11.5. The summed E-state index contributed by atoms with van der Waals surface area (Å²) in [7, 11) is 0. The first kappa shape index (κ1) is 10.4. The van der Waals surface area contributed by atoms with E-state index in [0.29, 0.717) is 18.8 Å². The van der Waals surface area contributed by atoms with Crippen molar-refractivity contribution in [1.29, 1.82) is 0 Å². The predicted molar refractivity (Wildman–Crippen MR) is 54.6 cm³/mol. The van der Waals surface area contributed by atoms with Crippen LogP contribution in [0.15, 0.2) is 4.79 Å². The molecule has 0 unspecified atom stereocenters. The molecule has 2 rings (SSSR count). The number of hydrogen-bond acceptors (Lipinski definition) is 4. The minimum Gasteiger partial charge on any atom is -0.392 e. The number of H-pyrrole nitrogens is 1. The molecule has 1 saturated heterocycles. The molecule has 0 amide bonds. The molecule has 0 spiro atoms. The lowest BCUT2D eigenvalue weighted by molar-refractivity contribution is 0.192. The second kappa shape index (κ2) is 3.79. The molecule has 3 N–H and O–H groups in total. The maximum Gasteiger partial charge on any atom is 0.343 e. The van der Waals surface area contributed by atoms with Gasteiger partial charge in [0.2, 0.25) is 0 Å². The SMILES string of the molecule is CC(C)n1c([C@@H]2C[C@@H](O)CN2)n[nH]c1=O. The zero-order chi connectivity index (χ0) is 11.0. The highest BCUT2D eigenvalue weighted by Gasteiger charge is 2.28. The molecule has 15 heavy (non-hydrogen) atoms. The molecule has 1 aliphatic heterocycles. The van der Waals surface area contributed by atoms with Crippen molar-refractivity contribution >= 4 is 0 Å². The van der Waals surface area contributed by atoms with E-state index in [0.717, 1.165) is 0 Å². The first-order valence-electron chi connectivity index (χ1n) is 5.18. The van der Waals surface area contributed by atoms with Crippen molar-refractivity contribution in [2.45, 2.75) is 38.5 Å². The summed E-state index contributed by atoms with van der Waals surface area (Å²) in [6.45, 7) is 4.43. The van der Waals surface area contributed by atoms with Crippen LogP contribution < -0.4 is 11.0 Å². The van der Waals surface area contributed by atoms with Crippen LogP contribution in [-0.4, -0.2) is 32.5 Å². The maximum absolute atomic E-state index is 11.5. The molecule has 0 radical (unpaired) electrons. The van der Waals surface area contributed by atoms with Gasteiger partial charge in [0.25, 0.3) is 0 Å². The van der Waals surface area contributed by atoms with Crippen molar-refractivity contribution in [1.82, 2.24) is 20.1 Å². The van der Waals surface area contributed by atoms with Gasteiger partial charge in [0, 0.05) is 12.6 Å². The van der Waals surface area contributed by atoms with E-state index in [1.54, 1.807) is 4.57 Å². The maximum atomic E-state index is 11.5. The molecule has 6 heteroatoms. The molecule has 0 saturated carbocycles. The molecule has 84 valence electrons. The van der Waals surface area contributed by atoms with Crippen molar-refractivity contribution in [3.05, 3.63) is 16.3 Å². The minimum atomic E-state index is -0.345. The minimum absolute atomic E-state index is 0.0265. The molecule has 2 atom stereocenters. The highest BCUT2D eigenvalue weighted by molar-refractivity contribution is 5.01.